The van der Waals surface area contributed by atoms with Gasteiger partial charge in [-0.05, 0) is 17.7 Å². The van der Waals surface area contributed by atoms with Gasteiger partial charge in [0.1, 0.15) is 35.5 Å². The molecule has 2 aromatic rings. The second kappa shape index (κ2) is 5.35. The Balaban J connectivity index is 2.50. The van der Waals surface area contributed by atoms with E-state index >= 15 is 0 Å². The summed E-state index contributed by atoms with van der Waals surface area (Å²) in [6, 6.07) is 12.7. The van der Waals surface area contributed by atoms with Gasteiger partial charge in [-0.15, -0.1) is 0 Å². The normalized spacial score (nSPS) is 10.6. The highest BCUT2D eigenvalue weighted by atomic mass is 79.9. The lowest BCUT2D eigenvalue weighted by atomic mass is 10.0. The number of nitriles is 4. The van der Waals surface area contributed by atoms with Gasteiger partial charge in [-0.3, -0.25) is 0 Å². The van der Waals surface area contributed by atoms with E-state index in [1.54, 1.807) is 18.2 Å². The van der Waals surface area contributed by atoms with Gasteiger partial charge >= 0.3 is 0 Å². The number of rotatable bonds is 0. The van der Waals surface area contributed by atoms with Crippen LogP contribution in [0.3, 0.4) is 0 Å². The van der Waals surface area contributed by atoms with Crippen molar-refractivity contribution in [3.8, 4) is 35.5 Å². The van der Waals surface area contributed by atoms with Crippen LogP contribution in [-0.2, 0) is 0 Å². The van der Waals surface area contributed by atoms with Gasteiger partial charge in [0.15, 0.2) is 11.4 Å². The predicted molar refractivity (Wildman–Crippen MR) is 81.8 cm³/mol. The first kappa shape index (κ1) is 14.4. The minimum absolute atomic E-state index is 0.0863. The fraction of sp³-hybridized carbons (Fsp3) is 0. The summed E-state index contributed by atoms with van der Waals surface area (Å²) in [5.41, 5.74) is 1.93. The standard InChI is InChI=1S/C16H3BrN6/c17-9-1-2-10-11(3-9)14(8(4-18)5-19)16-15(10)22-12(6-20)13(7-21)23-16/h1-3H. The van der Waals surface area contributed by atoms with Crippen LogP contribution in [-0.4, -0.2) is 9.97 Å². The van der Waals surface area contributed by atoms with Crippen LogP contribution in [0.2, 0.25) is 0 Å². The van der Waals surface area contributed by atoms with E-state index in [-0.39, 0.29) is 22.7 Å². The van der Waals surface area contributed by atoms with Gasteiger partial charge in [-0.1, -0.05) is 22.0 Å². The molecule has 1 aromatic carbocycles. The van der Waals surface area contributed by atoms with E-state index in [1.807, 2.05) is 24.3 Å². The average molecular weight is 359 g/mol. The lowest BCUT2D eigenvalue weighted by molar-refractivity contribution is 1.12. The van der Waals surface area contributed by atoms with Gasteiger partial charge in [0.2, 0.25) is 0 Å². The van der Waals surface area contributed by atoms with Crippen LogP contribution in [0.25, 0.3) is 16.8 Å². The first-order valence-corrected chi connectivity index (χ1v) is 7.01. The van der Waals surface area contributed by atoms with Crippen molar-refractivity contribution >= 4 is 21.5 Å². The van der Waals surface area contributed by atoms with Crippen LogP contribution < -0.4 is 0 Å². The first-order valence-electron chi connectivity index (χ1n) is 6.22. The van der Waals surface area contributed by atoms with Crippen LogP contribution in [0.5, 0.6) is 0 Å². The van der Waals surface area contributed by atoms with Crippen molar-refractivity contribution in [1.82, 2.24) is 9.97 Å². The molecule has 0 saturated heterocycles. The number of hydrogen-bond acceptors (Lipinski definition) is 6. The van der Waals surface area contributed by atoms with Crippen LogP contribution in [0.15, 0.2) is 28.2 Å². The SMILES string of the molecule is N#CC(C#N)=C1c2cc(Br)ccc2-c2nc(C#N)c(C#N)nc21. The Labute approximate surface area is 139 Å². The number of hydrogen-bond donors (Lipinski definition) is 0. The fourth-order valence-corrected chi connectivity index (χ4v) is 2.76. The Morgan fingerprint density at radius 3 is 2.04 bits per heavy atom. The quantitative estimate of drug-likeness (QED) is 0.569. The fourth-order valence-electron chi connectivity index (χ4n) is 2.40. The minimum Gasteiger partial charge on any atom is -0.232 e. The Kier molecular flexibility index (Phi) is 3.36. The Morgan fingerprint density at radius 2 is 1.48 bits per heavy atom. The third kappa shape index (κ3) is 2.05. The second-order valence-electron chi connectivity index (χ2n) is 4.51. The molecule has 1 aromatic heterocycles. The zero-order valence-corrected chi connectivity index (χ0v) is 12.9. The maximum Gasteiger partial charge on any atom is 0.177 e. The van der Waals surface area contributed by atoms with Crippen LogP contribution in [0, 0.1) is 45.3 Å². The highest BCUT2D eigenvalue weighted by molar-refractivity contribution is 9.10. The smallest absolute Gasteiger partial charge is 0.177 e. The maximum atomic E-state index is 9.23. The molecule has 7 heteroatoms. The summed E-state index contributed by atoms with van der Waals surface area (Å²) in [7, 11) is 0. The van der Waals surface area contributed by atoms with Crippen LogP contribution in [0.1, 0.15) is 22.6 Å². The Bertz CT molecular complexity index is 1050. The highest BCUT2D eigenvalue weighted by Crippen LogP contribution is 2.44. The Morgan fingerprint density at radius 1 is 0.870 bits per heavy atom. The summed E-state index contributed by atoms with van der Waals surface area (Å²) < 4.78 is 0.762. The molecule has 0 spiro atoms. The average Bonchev–Trinajstić information content (AvgIpc) is 2.87. The van der Waals surface area contributed by atoms with Crippen LogP contribution in [0.4, 0.5) is 0 Å². The third-order valence-electron chi connectivity index (χ3n) is 3.32. The van der Waals surface area contributed by atoms with Gasteiger partial charge < -0.3 is 0 Å². The molecule has 0 N–H and O–H groups in total. The summed E-state index contributed by atoms with van der Waals surface area (Å²) >= 11 is 3.35. The predicted octanol–water partition coefficient (Wildman–Crippen LogP) is 2.81. The molecule has 3 rings (SSSR count). The van der Waals surface area contributed by atoms with Gasteiger partial charge in [0, 0.05) is 15.6 Å². The number of allylic oxidation sites excluding steroid dienone is 1. The second-order valence-corrected chi connectivity index (χ2v) is 5.42. The van der Waals surface area contributed by atoms with Gasteiger partial charge in [0.05, 0.1) is 5.69 Å². The third-order valence-corrected chi connectivity index (χ3v) is 3.82. The molecule has 0 aliphatic heterocycles. The van der Waals surface area contributed by atoms with E-state index in [2.05, 4.69) is 25.9 Å². The molecule has 6 nitrogen and oxygen atoms in total. The summed E-state index contributed by atoms with van der Waals surface area (Å²) in [6.45, 7) is 0. The molecule has 1 aliphatic carbocycles. The van der Waals surface area contributed by atoms with Gasteiger partial charge in [-0.25, -0.2) is 9.97 Å². The first-order chi connectivity index (χ1) is 11.1. The molecule has 0 saturated carbocycles. The highest BCUT2D eigenvalue weighted by Gasteiger charge is 2.31. The number of nitrogens with zero attached hydrogens (tertiary/aromatic N) is 6. The molecule has 0 fully saturated rings. The summed E-state index contributed by atoms with van der Waals surface area (Å²) in [5, 5.41) is 36.7. The molecular formula is C16H3BrN6. The molecular weight excluding hydrogens is 356 g/mol. The minimum atomic E-state index is -0.133. The van der Waals surface area contributed by atoms with Gasteiger partial charge in [0.25, 0.3) is 0 Å². The lowest BCUT2D eigenvalue weighted by Gasteiger charge is -2.02. The largest absolute Gasteiger partial charge is 0.232 e. The van der Waals surface area contributed by atoms with Crippen molar-refractivity contribution in [3.05, 3.63) is 50.9 Å². The molecule has 104 valence electrons. The van der Waals surface area contributed by atoms with E-state index in [9.17, 15) is 10.5 Å². The summed E-state index contributed by atoms with van der Waals surface area (Å²) in [4.78, 5) is 8.36. The molecule has 23 heavy (non-hydrogen) atoms. The summed E-state index contributed by atoms with van der Waals surface area (Å²) in [5.74, 6) is 0. The number of benzene rings is 1. The van der Waals surface area contributed by atoms with Crippen molar-refractivity contribution in [2.24, 2.45) is 0 Å². The molecule has 0 unspecified atom stereocenters. The molecule has 0 atom stereocenters. The molecule has 0 bridgehead atoms. The molecule has 0 radical (unpaired) electrons. The number of fused-ring (bicyclic) bond motifs is 3. The number of aromatic nitrogens is 2. The zero-order chi connectivity index (χ0) is 16.6. The van der Waals surface area contributed by atoms with Crippen molar-refractivity contribution in [3.63, 3.8) is 0 Å². The van der Waals surface area contributed by atoms with Crippen LogP contribution >= 0.6 is 15.9 Å². The molecule has 1 aliphatic rings. The van der Waals surface area contributed by atoms with E-state index in [0.29, 0.717) is 22.4 Å². The molecule has 1 heterocycles. The van der Waals surface area contributed by atoms with Gasteiger partial charge in [-0.2, -0.15) is 21.0 Å². The monoisotopic (exact) mass is 358 g/mol. The Hall–Kier alpha value is -3.52. The lowest BCUT2D eigenvalue weighted by Crippen LogP contribution is -2.00. The van der Waals surface area contributed by atoms with E-state index in [4.69, 9.17) is 10.5 Å². The maximum absolute atomic E-state index is 9.23. The topological polar surface area (TPSA) is 121 Å². The van der Waals surface area contributed by atoms with Crippen molar-refractivity contribution in [2.75, 3.05) is 0 Å². The van der Waals surface area contributed by atoms with Crippen molar-refractivity contribution in [1.29, 1.82) is 21.0 Å². The molecule has 0 amide bonds. The van der Waals surface area contributed by atoms with Crippen molar-refractivity contribution in [2.45, 2.75) is 0 Å². The van der Waals surface area contributed by atoms with E-state index in [1.165, 1.54) is 0 Å². The zero-order valence-electron chi connectivity index (χ0n) is 11.3. The number of halogens is 1. The van der Waals surface area contributed by atoms with Crippen molar-refractivity contribution < 1.29 is 0 Å². The van der Waals surface area contributed by atoms with E-state index in [0.717, 1.165) is 4.47 Å². The van der Waals surface area contributed by atoms with E-state index < -0.39 is 0 Å². The summed E-state index contributed by atoms with van der Waals surface area (Å²) in [6.07, 6.45) is 0.